The van der Waals surface area contributed by atoms with Gasteiger partial charge in [-0.1, -0.05) is 30.3 Å². The molecule has 0 aliphatic heterocycles. The molecular formula is C15H20N4O2. The van der Waals surface area contributed by atoms with Crippen LogP contribution >= 0.6 is 0 Å². The number of carbonyl (C=O) groups excluding carboxylic acids is 2. The van der Waals surface area contributed by atoms with Crippen LogP contribution in [0.1, 0.15) is 12.0 Å². The van der Waals surface area contributed by atoms with Crippen LogP contribution < -0.4 is 10.6 Å². The average Bonchev–Trinajstić information content (AvgIpc) is 2.49. The van der Waals surface area contributed by atoms with Gasteiger partial charge in [-0.3, -0.25) is 9.59 Å². The molecule has 0 aliphatic rings. The summed E-state index contributed by atoms with van der Waals surface area (Å²) in [5.41, 5.74) is 1.24. The lowest BCUT2D eigenvalue weighted by Gasteiger charge is -2.16. The van der Waals surface area contributed by atoms with Crippen molar-refractivity contribution >= 4 is 11.8 Å². The van der Waals surface area contributed by atoms with Crippen molar-refractivity contribution in [2.45, 2.75) is 13.0 Å². The highest BCUT2D eigenvalue weighted by Gasteiger charge is 2.11. The third-order valence-electron chi connectivity index (χ3n) is 2.83. The molecule has 0 aliphatic carbocycles. The number of nitrogens with zero attached hydrogens (tertiary/aromatic N) is 2. The Labute approximate surface area is 124 Å². The zero-order valence-electron chi connectivity index (χ0n) is 12.1. The minimum absolute atomic E-state index is 0.161. The quantitative estimate of drug-likeness (QED) is 0.428. The largest absolute Gasteiger partial charge is 0.348 e. The molecule has 0 fully saturated rings. The Morgan fingerprint density at radius 1 is 1.19 bits per heavy atom. The van der Waals surface area contributed by atoms with Crippen molar-refractivity contribution in [2.75, 3.05) is 26.7 Å². The van der Waals surface area contributed by atoms with Crippen LogP contribution in [0.3, 0.4) is 0 Å². The maximum atomic E-state index is 11.3. The summed E-state index contributed by atoms with van der Waals surface area (Å²) in [5.74, 6) is -1.47. The monoisotopic (exact) mass is 288 g/mol. The van der Waals surface area contributed by atoms with Crippen molar-refractivity contribution < 1.29 is 9.59 Å². The van der Waals surface area contributed by atoms with Gasteiger partial charge in [0.2, 0.25) is 0 Å². The van der Waals surface area contributed by atoms with Crippen molar-refractivity contribution in [1.29, 1.82) is 5.26 Å². The Kier molecular flexibility index (Phi) is 7.54. The Balaban J connectivity index is 2.15. The van der Waals surface area contributed by atoms with E-state index in [0.29, 0.717) is 6.54 Å². The number of hydrogen-bond acceptors (Lipinski definition) is 4. The van der Waals surface area contributed by atoms with Gasteiger partial charge in [0.25, 0.3) is 0 Å². The van der Waals surface area contributed by atoms with Crippen molar-refractivity contribution in [2.24, 2.45) is 0 Å². The standard InChI is InChI=1S/C15H20N4O2/c1-19(12-13-6-3-2-4-7-13)11-5-9-17-14(20)15(21)18-10-8-16/h2-4,6-7H,5,9-12H2,1H3,(H,17,20)(H,18,21). The third-order valence-corrected chi connectivity index (χ3v) is 2.83. The molecule has 2 amide bonds. The van der Waals surface area contributed by atoms with E-state index in [-0.39, 0.29) is 6.54 Å². The van der Waals surface area contributed by atoms with Gasteiger partial charge in [0.05, 0.1) is 6.07 Å². The number of carbonyl (C=O) groups is 2. The van der Waals surface area contributed by atoms with Crippen LogP contribution in [0.5, 0.6) is 0 Å². The number of benzene rings is 1. The highest BCUT2D eigenvalue weighted by atomic mass is 16.2. The molecule has 0 saturated heterocycles. The minimum Gasteiger partial charge on any atom is -0.348 e. The summed E-state index contributed by atoms with van der Waals surface area (Å²) in [6, 6.07) is 11.9. The molecule has 1 aromatic rings. The van der Waals surface area contributed by atoms with Gasteiger partial charge in [-0.25, -0.2) is 0 Å². The SMILES string of the molecule is CN(CCCNC(=O)C(=O)NCC#N)Cc1ccccc1. The summed E-state index contributed by atoms with van der Waals surface area (Å²) in [5, 5.41) is 13.0. The normalized spacial score (nSPS) is 9.95. The molecule has 21 heavy (non-hydrogen) atoms. The molecule has 2 N–H and O–H groups in total. The molecule has 0 bridgehead atoms. The molecule has 0 unspecified atom stereocenters. The van der Waals surface area contributed by atoms with E-state index in [2.05, 4.69) is 27.7 Å². The van der Waals surface area contributed by atoms with Crippen molar-refractivity contribution in [3.8, 4) is 6.07 Å². The molecule has 1 aromatic carbocycles. The first kappa shape index (κ1) is 16.7. The zero-order chi connectivity index (χ0) is 15.5. The van der Waals surface area contributed by atoms with E-state index in [1.807, 2.05) is 25.2 Å². The maximum absolute atomic E-state index is 11.3. The molecule has 6 heteroatoms. The molecule has 0 heterocycles. The van der Waals surface area contributed by atoms with E-state index in [0.717, 1.165) is 19.5 Å². The second-order valence-corrected chi connectivity index (χ2v) is 4.67. The van der Waals surface area contributed by atoms with Crippen molar-refractivity contribution in [3.63, 3.8) is 0 Å². The first-order chi connectivity index (χ1) is 10.1. The number of hydrogen-bond donors (Lipinski definition) is 2. The van der Waals surface area contributed by atoms with Crippen molar-refractivity contribution in [1.82, 2.24) is 15.5 Å². The number of amides is 2. The lowest BCUT2D eigenvalue weighted by Crippen LogP contribution is -2.40. The molecular weight excluding hydrogens is 268 g/mol. The second kappa shape index (κ2) is 9.50. The number of nitriles is 1. The van der Waals surface area contributed by atoms with E-state index < -0.39 is 11.8 Å². The Morgan fingerprint density at radius 3 is 2.52 bits per heavy atom. The number of nitrogens with one attached hydrogen (secondary N) is 2. The lowest BCUT2D eigenvalue weighted by atomic mass is 10.2. The highest BCUT2D eigenvalue weighted by molar-refractivity contribution is 6.35. The predicted molar refractivity (Wildman–Crippen MR) is 79.0 cm³/mol. The molecule has 112 valence electrons. The van der Waals surface area contributed by atoms with Crippen LogP contribution in [0.25, 0.3) is 0 Å². The van der Waals surface area contributed by atoms with E-state index in [1.165, 1.54) is 5.56 Å². The third kappa shape index (κ3) is 7.09. The Hall–Kier alpha value is -2.39. The molecule has 0 aromatic heterocycles. The van der Waals surface area contributed by atoms with Gasteiger partial charge < -0.3 is 15.5 Å². The average molecular weight is 288 g/mol. The van der Waals surface area contributed by atoms with Crippen molar-refractivity contribution in [3.05, 3.63) is 35.9 Å². The number of rotatable bonds is 7. The molecule has 0 spiro atoms. The summed E-state index contributed by atoms with van der Waals surface area (Å²) in [7, 11) is 2.01. The summed E-state index contributed by atoms with van der Waals surface area (Å²) in [4.78, 5) is 24.7. The summed E-state index contributed by atoms with van der Waals surface area (Å²) < 4.78 is 0. The molecule has 0 atom stereocenters. The van der Waals surface area contributed by atoms with E-state index in [9.17, 15) is 9.59 Å². The predicted octanol–water partition coefficient (Wildman–Crippen LogP) is 0.264. The van der Waals surface area contributed by atoms with Gasteiger partial charge in [0.15, 0.2) is 0 Å². The first-order valence-corrected chi connectivity index (χ1v) is 6.79. The van der Waals surface area contributed by atoms with Gasteiger partial charge in [-0.05, 0) is 25.6 Å². The zero-order valence-corrected chi connectivity index (χ0v) is 12.1. The van der Waals surface area contributed by atoms with Crippen LogP contribution in [0.4, 0.5) is 0 Å². The fourth-order valence-corrected chi connectivity index (χ4v) is 1.81. The van der Waals surface area contributed by atoms with E-state index in [4.69, 9.17) is 5.26 Å². The van der Waals surface area contributed by atoms with Crippen LogP contribution in [-0.2, 0) is 16.1 Å². The maximum Gasteiger partial charge on any atom is 0.310 e. The minimum atomic E-state index is -0.769. The van der Waals surface area contributed by atoms with Crippen LogP contribution in [0, 0.1) is 11.3 Å². The van der Waals surface area contributed by atoms with Crippen LogP contribution in [-0.4, -0.2) is 43.4 Å². The summed E-state index contributed by atoms with van der Waals surface area (Å²) in [6.45, 7) is 1.93. The lowest BCUT2D eigenvalue weighted by molar-refractivity contribution is -0.139. The van der Waals surface area contributed by atoms with Gasteiger partial charge in [0.1, 0.15) is 6.54 Å². The van der Waals surface area contributed by atoms with E-state index >= 15 is 0 Å². The smallest absolute Gasteiger partial charge is 0.310 e. The molecule has 0 saturated carbocycles. The molecule has 0 radical (unpaired) electrons. The first-order valence-electron chi connectivity index (χ1n) is 6.79. The molecule has 6 nitrogen and oxygen atoms in total. The fraction of sp³-hybridized carbons (Fsp3) is 0.400. The second-order valence-electron chi connectivity index (χ2n) is 4.67. The summed E-state index contributed by atoms with van der Waals surface area (Å²) in [6.07, 6.45) is 0.751. The molecule has 1 rings (SSSR count). The Bertz CT molecular complexity index is 496. The van der Waals surface area contributed by atoms with Gasteiger partial charge in [0, 0.05) is 13.1 Å². The van der Waals surface area contributed by atoms with Crippen LogP contribution in [0.2, 0.25) is 0 Å². The highest BCUT2D eigenvalue weighted by Crippen LogP contribution is 2.02. The van der Waals surface area contributed by atoms with Gasteiger partial charge in [-0.2, -0.15) is 5.26 Å². The fourth-order valence-electron chi connectivity index (χ4n) is 1.81. The van der Waals surface area contributed by atoms with E-state index in [1.54, 1.807) is 6.07 Å². The van der Waals surface area contributed by atoms with Gasteiger partial charge in [-0.15, -0.1) is 0 Å². The summed E-state index contributed by atoms with van der Waals surface area (Å²) >= 11 is 0. The van der Waals surface area contributed by atoms with Gasteiger partial charge >= 0.3 is 11.8 Å². The van der Waals surface area contributed by atoms with Crippen LogP contribution in [0.15, 0.2) is 30.3 Å². The Morgan fingerprint density at radius 2 is 1.86 bits per heavy atom. The topological polar surface area (TPSA) is 85.2 Å².